The van der Waals surface area contributed by atoms with Gasteiger partial charge >= 0.3 is 6.18 Å². The molecule has 8 heteroatoms. The zero-order chi connectivity index (χ0) is 33.2. The summed E-state index contributed by atoms with van der Waals surface area (Å²) in [7, 11) is 0. The molecule has 0 atom stereocenters. The molecule has 0 aromatic heterocycles. The van der Waals surface area contributed by atoms with Crippen LogP contribution in [0.15, 0.2) is 71.2 Å². The van der Waals surface area contributed by atoms with Crippen LogP contribution in [0.3, 0.4) is 0 Å². The molecule has 3 aliphatic rings. The lowest BCUT2D eigenvalue weighted by molar-refractivity contribution is -0.439. The standard InChI is InChI=1S/C37H42F4N2O2/c1-21(2)13-15-42-29-17-23(37(39,40)41)9-11-27(29)35(5,6)31(42)19-25-33(44)26(34(25)45)20-32-36(7,8)28-12-10-24(38)18-30(28)43(32)16-14-22(3)4/h9-12,17-22H,13-16H2,1-8H3/p+1. The van der Waals surface area contributed by atoms with Crippen LogP contribution in [-0.4, -0.2) is 34.3 Å². The van der Waals surface area contributed by atoms with E-state index in [4.69, 9.17) is 0 Å². The number of fused-ring (bicyclic) bond motifs is 2. The summed E-state index contributed by atoms with van der Waals surface area (Å²) in [5.74, 6) is -0.107. The number of ketones is 1. The monoisotopic (exact) mass is 623 g/mol. The number of benzene rings is 2. The van der Waals surface area contributed by atoms with Crippen LogP contribution in [-0.2, 0) is 21.8 Å². The molecule has 2 aromatic rings. The minimum Gasteiger partial charge on any atom is -0.506 e. The lowest BCUT2D eigenvalue weighted by Gasteiger charge is -2.30. The normalized spacial score (nSPS) is 20.7. The average molecular weight is 624 g/mol. The third-order valence-corrected chi connectivity index (χ3v) is 9.50. The Hall–Kier alpha value is -3.68. The summed E-state index contributed by atoms with van der Waals surface area (Å²) in [6.45, 7) is 17.3. The summed E-state index contributed by atoms with van der Waals surface area (Å²) < 4.78 is 57.5. The van der Waals surface area contributed by atoms with E-state index in [0.717, 1.165) is 41.4 Å². The molecule has 0 fully saturated rings. The van der Waals surface area contributed by atoms with Crippen LogP contribution in [0.25, 0.3) is 0 Å². The van der Waals surface area contributed by atoms with E-state index in [1.165, 1.54) is 24.3 Å². The Morgan fingerprint density at radius 1 is 0.911 bits per heavy atom. The van der Waals surface area contributed by atoms with Gasteiger partial charge < -0.3 is 10.0 Å². The van der Waals surface area contributed by atoms with Crippen LogP contribution >= 0.6 is 0 Å². The molecular formula is C37H43F4N2O2+. The molecular weight excluding hydrogens is 580 g/mol. The largest absolute Gasteiger partial charge is 0.506 e. The van der Waals surface area contributed by atoms with Crippen LogP contribution in [0.2, 0.25) is 0 Å². The zero-order valence-corrected chi connectivity index (χ0v) is 27.4. The van der Waals surface area contributed by atoms with Crippen molar-refractivity contribution in [2.45, 2.75) is 85.2 Å². The van der Waals surface area contributed by atoms with Gasteiger partial charge in [0.1, 0.15) is 18.1 Å². The highest BCUT2D eigenvalue weighted by Crippen LogP contribution is 2.51. The number of Topliss-reactive ketones (excluding diaryl/α,β-unsaturated/α-hetero) is 1. The number of allylic oxidation sites excluding steroid dienone is 5. The second-order valence-corrected chi connectivity index (χ2v) is 14.4. The molecule has 2 heterocycles. The van der Waals surface area contributed by atoms with E-state index in [-0.39, 0.29) is 28.5 Å². The number of anilines is 1. The van der Waals surface area contributed by atoms with Gasteiger partial charge in [0.25, 0.3) is 0 Å². The minimum atomic E-state index is -4.49. The van der Waals surface area contributed by atoms with Gasteiger partial charge in [-0.2, -0.15) is 17.7 Å². The van der Waals surface area contributed by atoms with E-state index in [1.807, 2.05) is 37.2 Å². The van der Waals surface area contributed by atoms with Gasteiger partial charge in [0.05, 0.1) is 22.1 Å². The zero-order valence-electron chi connectivity index (χ0n) is 27.4. The van der Waals surface area contributed by atoms with E-state index in [9.17, 15) is 27.5 Å². The van der Waals surface area contributed by atoms with Crippen molar-refractivity contribution in [2.24, 2.45) is 11.8 Å². The molecule has 0 amide bonds. The van der Waals surface area contributed by atoms with Gasteiger partial charge in [0.2, 0.25) is 11.5 Å². The van der Waals surface area contributed by atoms with Crippen molar-refractivity contribution in [3.05, 3.63) is 93.7 Å². The molecule has 5 rings (SSSR count). The highest BCUT2D eigenvalue weighted by molar-refractivity contribution is 6.24. The van der Waals surface area contributed by atoms with E-state index in [2.05, 4.69) is 27.7 Å². The number of carbonyl (C=O) groups is 1. The van der Waals surface area contributed by atoms with Gasteiger partial charge in [-0.3, -0.25) is 4.79 Å². The highest BCUT2D eigenvalue weighted by Gasteiger charge is 2.48. The van der Waals surface area contributed by atoms with Crippen LogP contribution in [0.5, 0.6) is 0 Å². The quantitative estimate of drug-likeness (QED) is 0.181. The summed E-state index contributed by atoms with van der Waals surface area (Å²) in [6, 6.07) is 8.55. The van der Waals surface area contributed by atoms with Crippen LogP contribution < -0.4 is 4.90 Å². The lowest BCUT2D eigenvalue weighted by atomic mass is 9.77. The average Bonchev–Trinajstić information content (AvgIpc) is 3.28. The number of nitrogens with zero attached hydrogens (tertiary/aromatic N) is 2. The minimum absolute atomic E-state index is 0.136. The number of hydrogen-bond acceptors (Lipinski definition) is 3. The van der Waals surface area contributed by atoms with E-state index in [0.29, 0.717) is 36.3 Å². The van der Waals surface area contributed by atoms with Gasteiger partial charge in [0, 0.05) is 47.5 Å². The molecule has 0 spiro atoms. The Kier molecular flexibility index (Phi) is 8.20. The molecule has 45 heavy (non-hydrogen) atoms. The van der Waals surface area contributed by atoms with E-state index in [1.54, 1.807) is 18.2 Å². The topological polar surface area (TPSA) is 43.5 Å². The fourth-order valence-electron chi connectivity index (χ4n) is 6.68. The van der Waals surface area contributed by atoms with Gasteiger partial charge in [0.15, 0.2) is 5.71 Å². The molecule has 2 aromatic carbocycles. The molecule has 240 valence electrons. The summed E-state index contributed by atoms with van der Waals surface area (Å²) in [5.41, 5.74) is 2.73. The number of alkyl halides is 3. The van der Waals surface area contributed by atoms with Gasteiger partial charge in [-0.05, 0) is 68.0 Å². The summed E-state index contributed by atoms with van der Waals surface area (Å²) in [4.78, 5) is 15.6. The van der Waals surface area contributed by atoms with Crippen molar-refractivity contribution >= 4 is 22.9 Å². The molecule has 0 saturated heterocycles. The third kappa shape index (κ3) is 5.66. The summed E-state index contributed by atoms with van der Waals surface area (Å²) in [6.07, 6.45) is 0.462. The molecule has 0 radical (unpaired) electrons. The van der Waals surface area contributed by atoms with Gasteiger partial charge in [-0.25, -0.2) is 4.39 Å². The first-order chi connectivity index (χ1) is 20.9. The van der Waals surface area contributed by atoms with E-state index >= 15 is 0 Å². The molecule has 4 nitrogen and oxygen atoms in total. The Bertz CT molecular complexity index is 1690. The van der Waals surface area contributed by atoms with E-state index < -0.39 is 22.6 Å². The first-order valence-corrected chi connectivity index (χ1v) is 15.7. The maximum Gasteiger partial charge on any atom is 0.416 e. The SMILES string of the molecule is CC(C)CCN1/C(=C\C2=C(O)C(=C\C3=[N+](CCC(C)C)c4cc(F)ccc4C3(C)C)/C2=O)C(C)(C)c2ccc(C(F)(F)F)cc21. The maximum atomic E-state index is 14.4. The van der Waals surface area contributed by atoms with Crippen LogP contribution in [0.4, 0.5) is 28.9 Å². The van der Waals surface area contributed by atoms with Crippen molar-refractivity contribution < 1.29 is 32.0 Å². The molecule has 0 bridgehead atoms. The van der Waals surface area contributed by atoms with Crippen molar-refractivity contribution in [3.8, 4) is 0 Å². The Labute approximate surface area is 263 Å². The molecule has 2 aliphatic heterocycles. The number of aliphatic hydroxyl groups is 1. The summed E-state index contributed by atoms with van der Waals surface area (Å²) in [5, 5.41) is 11.3. The number of aliphatic hydroxyl groups excluding tert-OH is 1. The highest BCUT2D eigenvalue weighted by atomic mass is 19.4. The van der Waals surface area contributed by atoms with Crippen molar-refractivity contribution in [1.82, 2.24) is 0 Å². The predicted octanol–water partition coefficient (Wildman–Crippen LogP) is 9.32. The Balaban J connectivity index is 1.60. The van der Waals surface area contributed by atoms with Crippen LogP contribution in [0.1, 0.15) is 84.9 Å². The predicted molar refractivity (Wildman–Crippen MR) is 171 cm³/mol. The number of halogens is 4. The Morgan fingerprint density at radius 3 is 2.16 bits per heavy atom. The smallest absolute Gasteiger partial charge is 0.416 e. The molecule has 0 saturated carbocycles. The maximum absolute atomic E-state index is 14.4. The second kappa shape index (κ2) is 11.3. The lowest BCUT2D eigenvalue weighted by Crippen LogP contribution is -2.32. The van der Waals surface area contributed by atoms with Crippen molar-refractivity contribution in [1.29, 1.82) is 0 Å². The number of rotatable bonds is 8. The first-order valence-electron chi connectivity index (χ1n) is 15.7. The fraction of sp³-hybridized carbons (Fsp3) is 0.459. The Morgan fingerprint density at radius 2 is 1.56 bits per heavy atom. The van der Waals surface area contributed by atoms with Crippen LogP contribution in [0, 0.1) is 17.7 Å². The van der Waals surface area contributed by atoms with Gasteiger partial charge in [-0.1, -0.05) is 47.6 Å². The molecule has 1 N–H and O–H groups in total. The fourth-order valence-corrected chi connectivity index (χ4v) is 6.68. The molecule has 0 unspecified atom stereocenters. The van der Waals surface area contributed by atoms with Crippen molar-refractivity contribution in [2.75, 3.05) is 18.0 Å². The number of carbonyl (C=O) groups excluding carboxylic acids is 1. The second-order valence-electron chi connectivity index (χ2n) is 14.4. The van der Waals surface area contributed by atoms with Crippen molar-refractivity contribution in [3.63, 3.8) is 0 Å². The molecule has 1 aliphatic carbocycles. The summed E-state index contributed by atoms with van der Waals surface area (Å²) >= 11 is 0. The van der Waals surface area contributed by atoms with Gasteiger partial charge in [-0.15, -0.1) is 0 Å². The third-order valence-electron chi connectivity index (χ3n) is 9.50. The first kappa shape index (κ1) is 32.7. The number of hydrogen-bond donors (Lipinski definition) is 1.